The summed E-state index contributed by atoms with van der Waals surface area (Å²) in [6.45, 7) is 3.83. The molecular formula is C17H19N3O3. The van der Waals surface area contributed by atoms with Gasteiger partial charge in [0.1, 0.15) is 11.4 Å². The molecule has 0 spiro atoms. The average molecular weight is 313 g/mol. The van der Waals surface area contributed by atoms with Gasteiger partial charge < -0.3 is 15.0 Å². The van der Waals surface area contributed by atoms with Gasteiger partial charge in [0, 0.05) is 29.6 Å². The number of nitrogens with zero attached hydrogens (tertiary/aromatic N) is 1. The molecule has 0 bridgehead atoms. The van der Waals surface area contributed by atoms with Gasteiger partial charge in [-0.3, -0.25) is 14.6 Å². The van der Waals surface area contributed by atoms with Crippen LogP contribution in [-0.4, -0.2) is 28.8 Å². The van der Waals surface area contributed by atoms with E-state index in [2.05, 4.69) is 15.3 Å². The van der Waals surface area contributed by atoms with Gasteiger partial charge in [-0.05, 0) is 12.8 Å². The molecule has 2 aromatic rings. The molecule has 1 aliphatic rings. The van der Waals surface area contributed by atoms with Gasteiger partial charge in [0.05, 0.1) is 24.4 Å². The highest BCUT2D eigenvalue weighted by molar-refractivity contribution is 6.15. The zero-order chi connectivity index (χ0) is 16.6. The lowest BCUT2D eigenvalue weighted by molar-refractivity contribution is 0.0805. The number of Topliss-reactive ketones (excluding diaryl/α,β-unsaturated/α-hetero) is 1. The van der Waals surface area contributed by atoms with Gasteiger partial charge in [-0.25, -0.2) is 0 Å². The van der Waals surface area contributed by atoms with Crippen molar-refractivity contribution in [3.05, 3.63) is 41.5 Å². The number of amides is 1. The number of ketones is 1. The van der Waals surface area contributed by atoms with Crippen LogP contribution in [0, 0.1) is 5.41 Å². The third-order valence-electron chi connectivity index (χ3n) is 4.30. The fourth-order valence-electron chi connectivity index (χ4n) is 2.83. The fourth-order valence-corrected chi connectivity index (χ4v) is 2.83. The SMILES string of the molecule is COc1ccncc1NC(=O)c1c[nH]c2c1C(=O)C(C)(C)CC2. The highest BCUT2D eigenvalue weighted by atomic mass is 16.5. The van der Waals surface area contributed by atoms with Crippen molar-refractivity contribution >= 4 is 17.4 Å². The Hall–Kier alpha value is -2.63. The lowest BCUT2D eigenvalue weighted by atomic mass is 9.74. The highest BCUT2D eigenvalue weighted by Gasteiger charge is 2.38. The molecule has 1 aliphatic carbocycles. The first-order valence-electron chi connectivity index (χ1n) is 7.48. The van der Waals surface area contributed by atoms with E-state index in [-0.39, 0.29) is 11.7 Å². The first kappa shape index (κ1) is 15.3. The quantitative estimate of drug-likeness (QED) is 0.912. The predicted molar refractivity (Wildman–Crippen MR) is 86.0 cm³/mol. The maximum absolute atomic E-state index is 12.7. The summed E-state index contributed by atoms with van der Waals surface area (Å²) in [7, 11) is 1.52. The maximum atomic E-state index is 12.7. The topological polar surface area (TPSA) is 84.1 Å². The van der Waals surface area contributed by atoms with Gasteiger partial charge in [-0.1, -0.05) is 13.8 Å². The minimum absolute atomic E-state index is 0.00306. The summed E-state index contributed by atoms with van der Waals surface area (Å²) < 4.78 is 5.20. The van der Waals surface area contributed by atoms with E-state index in [1.165, 1.54) is 13.3 Å². The average Bonchev–Trinajstić information content (AvgIpc) is 2.96. The van der Waals surface area contributed by atoms with Crippen molar-refractivity contribution in [2.24, 2.45) is 5.41 Å². The summed E-state index contributed by atoms with van der Waals surface area (Å²) in [5.74, 6) is 0.174. The van der Waals surface area contributed by atoms with Crippen molar-refractivity contribution < 1.29 is 14.3 Å². The van der Waals surface area contributed by atoms with Gasteiger partial charge in [-0.15, -0.1) is 0 Å². The molecule has 0 fully saturated rings. The van der Waals surface area contributed by atoms with Crippen LogP contribution in [0.4, 0.5) is 5.69 Å². The van der Waals surface area contributed by atoms with Crippen LogP contribution in [0.1, 0.15) is 46.7 Å². The largest absolute Gasteiger partial charge is 0.494 e. The van der Waals surface area contributed by atoms with Gasteiger partial charge in [0.15, 0.2) is 5.78 Å². The summed E-state index contributed by atoms with van der Waals surface area (Å²) in [5.41, 5.74) is 1.72. The Morgan fingerprint density at radius 2 is 2.22 bits per heavy atom. The third-order valence-corrected chi connectivity index (χ3v) is 4.30. The molecular weight excluding hydrogens is 294 g/mol. The van der Waals surface area contributed by atoms with Crippen LogP contribution in [0.2, 0.25) is 0 Å². The molecule has 0 saturated carbocycles. The molecule has 2 N–H and O–H groups in total. The van der Waals surface area contributed by atoms with E-state index in [9.17, 15) is 9.59 Å². The molecule has 0 radical (unpaired) electrons. The molecule has 0 saturated heterocycles. The molecule has 23 heavy (non-hydrogen) atoms. The van der Waals surface area contributed by atoms with E-state index >= 15 is 0 Å². The molecule has 0 atom stereocenters. The number of aryl methyl sites for hydroxylation is 1. The van der Waals surface area contributed by atoms with Crippen molar-refractivity contribution in [3.63, 3.8) is 0 Å². The Morgan fingerprint density at radius 3 is 2.96 bits per heavy atom. The molecule has 1 amide bonds. The van der Waals surface area contributed by atoms with Crippen LogP contribution in [0.3, 0.4) is 0 Å². The van der Waals surface area contributed by atoms with Crippen LogP contribution in [0.5, 0.6) is 5.75 Å². The third kappa shape index (κ3) is 2.60. The number of hydrogen-bond donors (Lipinski definition) is 2. The first-order chi connectivity index (χ1) is 10.9. The monoisotopic (exact) mass is 313 g/mol. The van der Waals surface area contributed by atoms with E-state index < -0.39 is 5.41 Å². The van der Waals surface area contributed by atoms with Crippen molar-refractivity contribution in [3.8, 4) is 5.75 Å². The number of fused-ring (bicyclic) bond motifs is 1. The lowest BCUT2D eigenvalue weighted by Crippen LogP contribution is -2.31. The van der Waals surface area contributed by atoms with E-state index in [0.717, 1.165) is 18.5 Å². The number of rotatable bonds is 3. The second-order valence-electron chi connectivity index (χ2n) is 6.30. The molecule has 2 aromatic heterocycles. The van der Waals surface area contributed by atoms with Gasteiger partial charge in [-0.2, -0.15) is 0 Å². The number of aromatic amines is 1. The highest BCUT2D eigenvalue weighted by Crippen LogP contribution is 2.36. The Kier molecular flexibility index (Phi) is 3.67. The van der Waals surface area contributed by atoms with Gasteiger partial charge in [0.25, 0.3) is 5.91 Å². The molecule has 0 unspecified atom stereocenters. The van der Waals surface area contributed by atoms with Gasteiger partial charge >= 0.3 is 0 Å². The zero-order valence-electron chi connectivity index (χ0n) is 13.4. The summed E-state index contributed by atoms with van der Waals surface area (Å²) >= 11 is 0. The van der Waals surface area contributed by atoms with Crippen LogP contribution >= 0.6 is 0 Å². The lowest BCUT2D eigenvalue weighted by Gasteiger charge is -2.28. The Bertz CT molecular complexity index is 777. The Morgan fingerprint density at radius 1 is 1.43 bits per heavy atom. The van der Waals surface area contributed by atoms with E-state index in [1.54, 1.807) is 18.5 Å². The smallest absolute Gasteiger partial charge is 0.258 e. The summed E-state index contributed by atoms with van der Waals surface area (Å²) in [5, 5.41) is 2.76. The summed E-state index contributed by atoms with van der Waals surface area (Å²) in [6.07, 6.45) is 6.23. The number of ether oxygens (including phenoxy) is 1. The minimum atomic E-state index is -0.448. The van der Waals surface area contributed by atoms with Crippen LogP contribution < -0.4 is 10.1 Å². The van der Waals surface area contributed by atoms with Crippen LogP contribution in [0.25, 0.3) is 0 Å². The number of nitrogens with one attached hydrogen (secondary N) is 2. The number of pyridine rings is 1. The number of aromatic nitrogens is 2. The number of carbonyl (C=O) groups excluding carboxylic acids is 2. The Balaban J connectivity index is 1.93. The standard InChI is InChI=1S/C17H19N3O3/c1-17(2)6-4-11-14(15(17)21)10(8-19-11)16(22)20-12-9-18-7-5-13(12)23-3/h5,7-9,19H,4,6H2,1-3H3,(H,20,22). The summed E-state index contributed by atoms with van der Waals surface area (Å²) in [4.78, 5) is 32.3. The fraction of sp³-hybridized carbons (Fsp3) is 0.353. The number of H-pyrrole nitrogens is 1. The molecule has 6 nitrogen and oxygen atoms in total. The second kappa shape index (κ2) is 5.53. The van der Waals surface area contributed by atoms with Crippen molar-refractivity contribution in [1.29, 1.82) is 0 Å². The molecule has 0 aliphatic heterocycles. The molecule has 6 heteroatoms. The van der Waals surface area contributed by atoms with Crippen molar-refractivity contribution in [2.75, 3.05) is 12.4 Å². The Labute approximate surface area is 134 Å². The van der Waals surface area contributed by atoms with Crippen LogP contribution in [0.15, 0.2) is 24.7 Å². The van der Waals surface area contributed by atoms with E-state index in [4.69, 9.17) is 4.74 Å². The van der Waals surface area contributed by atoms with Crippen molar-refractivity contribution in [1.82, 2.24) is 9.97 Å². The van der Waals surface area contributed by atoms with E-state index in [1.807, 2.05) is 13.8 Å². The number of methoxy groups -OCH3 is 1. The van der Waals surface area contributed by atoms with Crippen LogP contribution in [-0.2, 0) is 6.42 Å². The predicted octanol–water partition coefficient (Wildman–Crippen LogP) is 2.83. The minimum Gasteiger partial charge on any atom is -0.494 e. The van der Waals surface area contributed by atoms with Crippen molar-refractivity contribution in [2.45, 2.75) is 26.7 Å². The first-order valence-corrected chi connectivity index (χ1v) is 7.48. The molecule has 0 aromatic carbocycles. The van der Waals surface area contributed by atoms with E-state index in [0.29, 0.717) is 22.6 Å². The number of carbonyl (C=O) groups is 2. The number of anilines is 1. The maximum Gasteiger partial charge on any atom is 0.258 e. The van der Waals surface area contributed by atoms with Gasteiger partial charge in [0.2, 0.25) is 0 Å². The normalized spacial score (nSPS) is 15.9. The second-order valence-corrected chi connectivity index (χ2v) is 6.30. The zero-order valence-corrected chi connectivity index (χ0v) is 13.4. The molecule has 3 rings (SSSR count). The number of hydrogen-bond acceptors (Lipinski definition) is 4. The summed E-state index contributed by atoms with van der Waals surface area (Å²) in [6, 6.07) is 1.66. The molecule has 120 valence electrons. The molecule has 2 heterocycles.